The molecule has 22 heavy (non-hydrogen) atoms. The molecule has 1 aromatic carbocycles. The van der Waals surface area contributed by atoms with Crippen LogP contribution in [-0.2, 0) is 0 Å². The molecule has 7 heteroatoms. The molecule has 2 aromatic rings. The summed E-state index contributed by atoms with van der Waals surface area (Å²) in [5.41, 5.74) is 1.80. The summed E-state index contributed by atoms with van der Waals surface area (Å²) in [6, 6.07) is 6.97. The van der Waals surface area contributed by atoms with Crippen molar-refractivity contribution in [2.75, 3.05) is 5.32 Å². The molecule has 114 valence electrons. The predicted molar refractivity (Wildman–Crippen MR) is 77.7 cm³/mol. The zero-order valence-corrected chi connectivity index (χ0v) is 11.4. The first-order valence-corrected chi connectivity index (χ1v) is 6.14. The molecule has 0 aliphatic carbocycles. The zero-order chi connectivity index (χ0) is 16.2. The summed E-state index contributed by atoms with van der Waals surface area (Å²) in [7, 11) is 0. The van der Waals surface area contributed by atoms with Gasteiger partial charge in [-0.15, -0.1) is 13.2 Å². The molecule has 0 saturated carbocycles. The molecule has 0 amide bonds. The van der Waals surface area contributed by atoms with Gasteiger partial charge >= 0.3 is 6.36 Å². The van der Waals surface area contributed by atoms with Crippen molar-refractivity contribution in [2.45, 2.75) is 6.36 Å². The Bertz CT molecular complexity index is 681. The van der Waals surface area contributed by atoms with Crippen LogP contribution >= 0.6 is 0 Å². The van der Waals surface area contributed by atoms with Crippen molar-refractivity contribution < 1.29 is 17.9 Å². The largest absolute Gasteiger partial charge is 0.573 e. The topological polar surface area (TPSA) is 47.0 Å². The van der Waals surface area contributed by atoms with Crippen molar-refractivity contribution in [3.05, 3.63) is 61.6 Å². The van der Waals surface area contributed by atoms with Gasteiger partial charge < -0.3 is 10.1 Å². The fourth-order valence-electron chi connectivity index (χ4n) is 1.59. The van der Waals surface area contributed by atoms with E-state index in [1.807, 2.05) is 0 Å². The lowest BCUT2D eigenvalue weighted by Gasteiger charge is -2.10. The number of aromatic nitrogens is 2. The van der Waals surface area contributed by atoms with Crippen LogP contribution in [0.4, 0.5) is 24.7 Å². The van der Waals surface area contributed by atoms with Gasteiger partial charge in [0.2, 0.25) is 0 Å². The second-order valence-corrected chi connectivity index (χ2v) is 4.22. The minimum Gasteiger partial charge on any atom is -0.406 e. The fraction of sp³-hybridized carbons (Fsp3) is 0.0667. The number of benzene rings is 1. The first-order chi connectivity index (χ1) is 10.4. The molecule has 0 atom stereocenters. The van der Waals surface area contributed by atoms with E-state index in [1.165, 1.54) is 30.6 Å². The van der Waals surface area contributed by atoms with E-state index >= 15 is 0 Å². The molecule has 0 aliphatic rings. The van der Waals surface area contributed by atoms with E-state index in [1.54, 1.807) is 12.1 Å². The minimum absolute atomic E-state index is 0.290. The third-order valence-corrected chi connectivity index (χ3v) is 2.60. The maximum Gasteiger partial charge on any atom is 0.573 e. The van der Waals surface area contributed by atoms with Gasteiger partial charge in [-0.1, -0.05) is 19.2 Å². The van der Waals surface area contributed by atoms with Crippen LogP contribution in [0.2, 0.25) is 0 Å². The minimum atomic E-state index is -4.71. The number of alkyl halides is 3. The van der Waals surface area contributed by atoms with Crippen molar-refractivity contribution in [1.82, 2.24) is 9.97 Å². The third-order valence-electron chi connectivity index (χ3n) is 2.60. The zero-order valence-electron chi connectivity index (χ0n) is 11.4. The molecular weight excluding hydrogens is 295 g/mol. The van der Waals surface area contributed by atoms with Crippen LogP contribution in [0.25, 0.3) is 5.57 Å². The summed E-state index contributed by atoms with van der Waals surface area (Å²) in [4.78, 5) is 8.06. The molecule has 4 nitrogen and oxygen atoms in total. The molecule has 0 aliphatic heterocycles. The standard InChI is InChI=1S/C15H12F3N3O/c1-3-10(2)13-8-14(20-9-19-13)21-11-4-6-12(7-5-11)22-15(16,17)18/h3-9H,1-2H2,(H,19,20,21). The second kappa shape index (κ2) is 6.30. The van der Waals surface area contributed by atoms with Crippen LogP contribution in [0.15, 0.2) is 55.9 Å². The third kappa shape index (κ3) is 4.34. The van der Waals surface area contributed by atoms with Crippen molar-refractivity contribution in [1.29, 1.82) is 0 Å². The van der Waals surface area contributed by atoms with E-state index in [4.69, 9.17) is 0 Å². The van der Waals surface area contributed by atoms with E-state index in [-0.39, 0.29) is 5.75 Å². The molecular formula is C15H12F3N3O. The van der Waals surface area contributed by atoms with Crippen LogP contribution in [0.1, 0.15) is 5.69 Å². The van der Waals surface area contributed by atoms with E-state index < -0.39 is 6.36 Å². The Kier molecular flexibility index (Phi) is 4.45. The smallest absolute Gasteiger partial charge is 0.406 e. The van der Waals surface area contributed by atoms with E-state index in [0.29, 0.717) is 22.8 Å². The van der Waals surface area contributed by atoms with E-state index in [2.05, 4.69) is 33.2 Å². The number of rotatable bonds is 5. The average Bonchev–Trinajstić information content (AvgIpc) is 2.47. The summed E-state index contributed by atoms with van der Waals surface area (Å²) in [6.07, 6.45) is -1.79. The summed E-state index contributed by atoms with van der Waals surface area (Å²) < 4.78 is 40.0. The monoisotopic (exact) mass is 307 g/mol. The molecule has 1 N–H and O–H groups in total. The Morgan fingerprint density at radius 3 is 2.45 bits per heavy atom. The number of allylic oxidation sites excluding steroid dienone is 2. The van der Waals surface area contributed by atoms with Crippen LogP contribution in [0, 0.1) is 0 Å². The van der Waals surface area contributed by atoms with E-state index in [9.17, 15) is 13.2 Å². The Morgan fingerprint density at radius 2 is 1.86 bits per heavy atom. The van der Waals surface area contributed by atoms with Crippen LogP contribution < -0.4 is 10.1 Å². The number of anilines is 2. The SMILES string of the molecule is C=CC(=C)c1cc(Nc2ccc(OC(F)(F)F)cc2)ncn1. The number of halogens is 3. The Balaban J connectivity index is 2.11. The molecule has 0 radical (unpaired) electrons. The van der Waals surface area contributed by atoms with Crippen molar-refractivity contribution in [3.63, 3.8) is 0 Å². The molecule has 0 saturated heterocycles. The van der Waals surface area contributed by atoms with Gasteiger partial charge in [0.25, 0.3) is 0 Å². The molecule has 1 heterocycles. The predicted octanol–water partition coefficient (Wildman–Crippen LogP) is 4.32. The van der Waals surface area contributed by atoms with Gasteiger partial charge in [-0.25, -0.2) is 9.97 Å². The highest BCUT2D eigenvalue weighted by molar-refractivity contribution is 5.71. The summed E-state index contributed by atoms with van der Waals surface area (Å²) >= 11 is 0. The Labute approximate surface area is 125 Å². The van der Waals surface area contributed by atoms with Crippen molar-refractivity contribution in [2.24, 2.45) is 0 Å². The number of nitrogens with one attached hydrogen (secondary N) is 1. The van der Waals surface area contributed by atoms with Crippen molar-refractivity contribution >= 4 is 17.1 Å². The number of hydrogen-bond donors (Lipinski definition) is 1. The lowest BCUT2D eigenvalue weighted by atomic mass is 10.2. The molecule has 0 spiro atoms. The maximum absolute atomic E-state index is 12.1. The lowest BCUT2D eigenvalue weighted by molar-refractivity contribution is -0.274. The highest BCUT2D eigenvalue weighted by Crippen LogP contribution is 2.25. The molecule has 0 unspecified atom stereocenters. The first kappa shape index (κ1) is 15.6. The van der Waals surface area contributed by atoms with Crippen LogP contribution in [-0.4, -0.2) is 16.3 Å². The fourth-order valence-corrected chi connectivity index (χ4v) is 1.59. The first-order valence-electron chi connectivity index (χ1n) is 6.14. The van der Waals surface area contributed by atoms with Crippen LogP contribution in [0.5, 0.6) is 5.75 Å². The summed E-state index contributed by atoms with van der Waals surface area (Å²) in [5, 5.41) is 2.95. The number of ether oxygens (including phenoxy) is 1. The highest BCUT2D eigenvalue weighted by Gasteiger charge is 2.30. The van der Waals surface area contributed by atoms with Gasteiger partial charge in [0.1, 0.15) is 17.9 Å². The second-order valence-electron chi connectivity index (χ2n) is 4.22. The van der Waals surface area contributed by atoms with Gasteiger partial charge in [-0.2, -0.15) is 0 Å². The van der Waals surface area contributed by atoms with Crippen LogP contribution in [0.3, 0.4) is 0 Å². The lowest BCUT2D eigenvalue weighted by Crippen LogP contribution is -2.16. The average molecular weight is 307 g/mol. The molecule has 2 rings (SSSR count). The van der Waals surface area contributed by atoms with Gasteiger partial charge in [0, 0.05) is 11.8 Å². The molecule has 0 bridgehead atoms. The van der Waals surface area contributed by atoms with Gasteiger partial charge in [0.05, 0.1) is 5.69 Å². The highest BCUT2D eigenvalue weighted by atomic mass is 19.4. The molecule has 0 fully saturated rings. The number of hydrogen-bond acceptors (Lipinski definition) is 4. The number of nitrogens with zero attached hydrogens (tertiary/aromatic N) is 2. The quantitative estimate of drug-likeness (QED) is 0.836. The van der Waals surface area contributed by atoms with E-state index in [0.717, 1.165) is 0 Å². The normalized spacial score (nSPS) is 10.9. The maximum atomic E-state index is 12.1. The Hall–Kier alpha value is -2.83. The molecule has 1 aromatic heterocycles. The summed E-state index contributed by atoms with van der Waals surface area (Å²) in [6.45, 7) is 7.38. The Morgan fingerprint density at radius 1 is 1.18 bits per heavy atom. The summed E-state index contributed by atoms with van der Waals surface area (Å²) in [5.74, 6) is 0.193. The van der Waals surface area contributed by atoms with Gasteiger partial charge in [0.15, 0.2) is 0 Å². The van der Waals surface area contributed by atoms with Crippen molar-refractivity contribution in [3.8, 4) is 5.75 Å². The van der Waals surface area contributed by atoms with Gasteiger partial charge in [-0.05, 0) is 29.8 Å². The van der Waals surface area contributed by atoms with Gasteiger partial charge in [-0.3, -0.25) is 0 Å².